The highest BCUT2D eigenvalue weighted by Crippen LogP contribution is 2.37. The van der Waals surface area contributed by atoms with Crippen LogP contribution in [0, 0.1) is 24.7 Å². The minimum Gasteiger partial charge on any atom is -0.507 e. The molecule has 1 aromatic rings. The summed E-state index contributed by atoms with van der Waals surface area (Å²) in [5, 5.41) is 45.6. The van der Waals surface area contributed by atoms with Crippen LogP contribution >= 0.6 is 0 Å². The third kappa shape index (κ3) is 9.84. The summed E-state index contributed by atoms with van der Waals surface area (Å²) in [5.74, 6) is -5.93. The van der Waals surface area contributed by atoms with Crippen LogP contribution in [-0.4, -0.2) is 74.9 Å². The number of allylic oxidation sites excluding steroid dienone is 8. The Hall–Kier alpha value is -4.97. The number of nitrogens with one attached hydrogen (secondary N) is 1. The molecule has 4 rings (SSSR count). The number of ketones is 4. The molecule has 272 valence electrons. The fourth-order valence-corrected chi connectivity index (χ4v) is 5.71. The molecule has 0 fully saturated rings. The van der Waals surface area contributed by atoms with E-state index < -0.39 is 76.2 Å². The van der Waals surface area contributed by atoms with Crippen molar-refractivity contribution < 1.29 is 49.1 Å². The summed E-state index contributed by atoms with van der Waals surface area (Å²) in [4.78, 5) is 66.8. The van der Waals surface area contributed by atoms with Crippen LogP contribution in [-0.2, 0) is 14.3 Å². The first kappa shape index (κ1) is 40.5. The monoisotopic (exact) mass is 701 g/mol. The number of rotatable bonds is 1. The Morgan fingerprint density at radius 2 is 1.43 bits per heavy atom. The Balaban J connectivity index is 2.08. The smallest absolute Gasteiger partial charge is 0.248 e. The summed E-state index contributed by atoms with van der Waals surface area (Å²) in [6.45, 7) is 9.70. The number of aliphatic hydroxyl groups is 3. The topological polar surface area (TPSA) is 188 Å². The van der Waals surface area contributed by atoms with E-state index in [0.717, 1.165) is 13.2 Å². The van der Waals surface area contributed by atoms with Crippen LogP contribution in [0.15, 0.2) is 89.4 Å². The van der Waals surface area contributed by atoms with Gasteiger partial charge in [-0.25, -0.2) is 0 Å². The highest BCUT2D eigenvalue weighted by molar-refractivity contribution is 6.31. The van der Waals surface area contributed by atoms with Gasteiger partial charge in [-0.2, -0.15) is 0 Å². The molecular formula is C40H47NO10. The molecule has 0 radical (unpaired) electrons. The minimum absolute atomic E-state index is 0.0879. The van der Waals surface area contributed by atoms with Crippen molar-refractivity contribution in [2.45, 2.75) is 72.7 Å². The van der Waals surface area contributed by atoms with Gasteiger partial charge >= 0.3 is 0 Å². The van der Waals surface area contributed by atoms with Gasteiger partial charge in [0.05, 0.1) is 36.5 Å². The first-order chi connectivity index (χ1) is 24.0. The maximum absolute atomic E-state index is 13.9. The predicted octanol–water partition coefficient (Wildman–Crippen LogP) is 4.71. The number of carbonyl (C=O) groups excluding carboxylic acids is 5. The Bertz CT molecular complexity index is 1790. The van der Waals surface area contributed by atoms with E-state index in [1.807, 2.05) is 0 Å². The average molecular weight is 702 g/mol. The molecule has 0 saturated heterocycles. The van der Waals surface area contributed by atoms with Crippen molar-refractivity contribution in [1.29, 1.82) is 0 Å². The second-order valence-corrected chi connectivity index (χ2v) is 13.0. The zero-order chi connectivity index (χ0) is 38.2. The maximum Gasteiger partial charge on any atom is 0.248 e. The van der Waals surface area contributed by atoms with Gasteiger partial charge in [-0.1, -0.05) is 75.5 Å². The number of fused-ring (bicyclic) bond motifs is 18. The molecule has 2 heterocycles. The van der Waals surface area contributed by atoms with Crippen LogP contribution in [0.1, 0.15) is 84.1 Å². The third-order valence-corrected chi connectivity index (χ3v) is 8.99. The fraction of sp³-hybridized carbons (Fsp3) is 0.375. The predicted molar refractivity (Wildman–Crippen MR) is 192 cm³/mol. The number of carbonyl (C=O) groups is 5. The minimum atomic E-state index is -1.01. The van der Waals surface area contributed by atoms with Gasteiger partial charge in [0.2, 0.25) is 17.5 Å². The molecule has 51 heavy (non-hydrogen) atoms. The zero-order valence-electron chi connectivity index (χ0n) is 30.0. The molecule has 0 spiro atoms. The Labute approximate surface area is 298 Å². The number of Topliss-reactive ketones (excluding diaryl/α,β-unsaturated/α-hetero) is 4. The van der Waals surface area contributed by atoms with Crippen molar-refractivity contribution in [2.24, 2.45) is 17.8 Å². The number of benzene rings is 1. The number of aliphatic hydroxyl groups excluding tert-OH is 3. The van der Waals surface area contributed by atoms with Crippen LogP contribution in [0.4, 0.5) is 0 Å². The van der Waals surface area contributed by atoms with E-state index in [1.165, 1.54) is 44.2 Å². The molecule has 0 unspecified atom stereocenters. The number of methoxy groups -OCH3 is 1. The van der Waals surface area contributed by atoms with Crippen molar-refractivity contribution in [1.82, 2.24) is 5.32 Å². The number of phenolic OH excluding ortho intramolecular Hbond substituents is 1. The van der Waals surface area contributed by atoms with Crippen LogP contribution in [0.3, 0.4) is 0 Å². The lowest BCUT2D eigenvalue weighted by molar-refractivity contribution is -0.118. The van der Waals surface area contributed by atoms with E-state index >= 15 is 0 Å². The van der Waals surface area contributed by atoms with Gasteiger partial charge in [0.25, 0.3) is 0 Å². The number of aromatic hydroxyl groups is 1. The average Bonchev–Trinajstić information content (AvgIpc) is 3.09. The van der Waals surface area contributed by atoms with Crippen molar-refractivity contribution in [2.75, 3.05) is 7.11 Å². The fourth-order valence-electron chi connectivity index (χ4n) is 5.71. The third-order valence-electron chi connectivity index (χ3n) is 8.99. The van der Waals surface area contributed by atoms with Gasteiger partial charge in [0.1, 0.15) is 11.4 Å². The van der Waals surface area contributed by atoms with Gasteiger partial charge in [0.15, 0.2) is 17.3 Å². The van der Waals surface area contributed by atoms with Gasteiger partial charge in [-0.05, 0) is 50.0 Å². The van der Waals surface area contributed by atoms with Gasteiger partial charge in [-0.3, -0.25) is 24.0 Å². The number of hydrogen-bond acceptors (Lipinski definition) is 10. The van der Waals surface area contributed by atoms with E-state index in [-0.39, 0.29) is 46.8 Å². The number of aryl methyl sites for hydroxylation is 1. The SMILES string of the molecule is COC1=C2NC(=O)C=CC=CC=C[C@@H](C)[C@@H](O)CC(=O)C(C)=CC[C@@H](O)C=C[C@H](C)[C@H](O)[C@@H](C)C=C(C)C(=O)c3c(O)c(C)cc(c3C1=O)C2=O. The van der Waals surface area contributed by atoms with E-state index in [4.69, 9.17) is 4.74 Å². The summed E-state index contributed by atoms with van der Waals surface area (Å²) >= 11 is 0. The molecule has 3 aliphatic rings. The maximum atomic E-state index is 13.9. The molecule has 11 heteroatoms. The van der Waals surface area contributed by atoms with Gasteiger partial charge in [-0.15, -0.1) is 0 Å². The molecule has 0 aromatic heterocycles. The van der Waals surface area contributed by atoms with Crippen LogP contribution in [0.2, 0.25) is 0 Å². The number of hydrogen-bond donors (Lipinski definition) is 5. The zero-order valence-corrected chi connectivity index (χ0v) is 30.0. The molecule has 11 nitrogen and oxygen atoms in total. The molecule has 4 bridgehead atoms. The van der Waals surface area contributed by atoms with Gasteiger partial charge < -0.3 is 30.5 Å². The summed E-state index contributed by atoms with van der Waals surface area (Å²) in [5.41, 5.74) is -0.768. The number of phenols is 1. The molecule has 1 aliphatic carbocycles. The lowest BCUT2D eigenvalue weighted by Gasteiger charge is -2.24. The van der Waals surface area contributed by atoms with Crippen LogP contribution in [0.5, 0.6) is 5.75 Å². The highest BCUT2D eigenvalue weighted by atomic mass is 16.5. The van der Waals surface area contributed by atoms with Crippen molar-refractivity contribution >= 4 is 29.0 Å². The molecule has 1 amide bonds. The second kappa shape index (κ2) is 17.8. The highest BCUT2D eigenvalue weighted by Gasteiger charge is 2.39. The first-order valence-electron chi connectivity index (χ1n) is 16.7. The van der Waals surface area contributed by atoms with E-state index in [9.17, 15) is 44.4 Å². The molecular weight excluding hydrogens is 654 g/mol. The molecule has 2 aliphatic heterocycles. The number of ether oxygens (including phenoxy) is 1. The van der Waals surface area contributed by atoms with E-state index in [2.05, 4.69) is 5.32 Å². The quantitative estimate of drug-likeness (QED) is 0.257. The first-order valence-corrected chi connectivity index (χ1v) is 16.7. The summed E-state index contributed by atoms with van der Waals surface area (Å²) in [6, 6.07) is 1.27. The normalized spacial score (nSPS) is 26.4. The van der Waals surface area contributed by atoms with E-state index in [0.29, 0.717) is 5.57 Å². The van der Waals surface area contributed by atoms with Crippen molar-refractivity contribution in [3.8, 4) is 5.75 Å². The lowest BCUT2D eigenvalue weighted by Crippen LogP contribution is -2.35. The Morgan fingerprint density at radius 3 is 2.10 bits per heavy atom. The van der Waals surface area contributed by atoms with Crippen molar-refractivity contribution in [3.05, 3.63) is 112 Å². The lowest BCUT2D eigenvalue weighted by atomic mass is 9.82. The molecule has 0 saturated carbocycles. The molecule has 1 aromatic carbocycles. The molecule has 5 N–H and O–H groups in total. The Kier molecular flexibility index (Phi) is 14.1. The standard InChI is InChI=1S/C40H47NO10/c1-21-12-10-8-9-11-13-31(45)41-34-38(49)28-19-26(6)37(48)33(32(28)39(50)40(34)51-7)36(47)25(5)18-24(4)35(46)23(3)15-17-27(42)16-14-22(2)30(44)20-29(21)43/h8-15,17-19,21,23-24,27,29,35,42-43,46,48H,16,20H2,1-7H3,(H,41,45)/t21-,23+,24+,27-,29+,35+/m1/s1. The number of amides is 1. The summed E-state index contributed by atoms with van der Waals surface area (Å²) in [7, 11) is 1.14. The van der Waals surface area contributed by atoms with Crippen LogP contribution < -0.4 is 5.32 Å². The second-order valence-electron chi connectivity index (χ2n) is 13.0. The molecule has 6 atom stereocenters. The largest absolute Gasteiger partial charge is 0.507 e. The van der Waals surface area contributed by atoms with Gasteiger partial charge in [0, 0.05) is 35.8 Å². The van der Waals surface area contributed by atoms with Crippen LogP contribution in [0.25, 0.3) is 0 Å². The Morgan fingerprint density at radius 1 is 0.765 bits per heavy atom. The summed E-state index contributed by atoms with van der Waals surface area (Å²) in [6.07, 6.45) is 12.3. The summed E-state index contributed by atoms with van der Waals surface area (Å²) < 4.78 is 5.25. The van der Waals surface area contributed by atoms with Crippen molar-refractivity contribution in [3.63, 3.8) is 0 Å². The van der Waals surface area contributed by atoms with E-state index in [1.54, 1.807) is 58.1 Å².